The molecule has 48 heteroatoms. The van der Waals surface area contributed by atoms with Crippen molar-refractivity contribution in [3.63, 3.8) is 0 Å². The average Bonchev–Trinajstić information content (AvgIpc) is 0.814. The topological polar surface area (TPSA) is 567 Å². The summed E-state index contributed by atoms with van der Waals surface area (Å²) in [5, 5.41) is 15.3. The minimum atomic E-state index is -5.85. The number of nitrogen functional groups attached to an aromatic ring is 1. The van der Waals surface area contributed by atoms with Crippen molar-refractivity contribution in [3.8, 4) is 0 Å². The number of aromatic amines is 2. The minimum Gasteiger partial charge on any atom is -0.744 e. The molecule has 0 fully saturated rings. The number of rotatable bonds is 16. The van der Waals surface area contributed by atoms with Crippen molar-refractivity contribution in [3.05, 3.63) is 129 Å². The maximum atomic E-state index is 14.2. The van der Waals surface area contributed by atoms with Crippen molar-refractivity contribution < 1.29 is 260 Å². The van der Waals surface area contributed by atoms with E-state index in [9.17, 15) is 82.6 Å². The number of azo groups is 1. The van der Waals surface area contributed by atoms with Gasteiger partial charge in [0.1, 0.15) is 77.8 Å². The number of fused-ring (bicyclic) bond motifs is 1. The second-order valence-corrected chi connectivity index (χ2v) is 24.7. The molecule has 88 heavy (non-hydrogen) atoms. The summed E-state index contributed by atoms with van der Waals surface area (Å²) in [6, 6.07) is 13.9. The Labute approximate surface area is 639 Å². The van der Waals surface area contributed by atoms with Crippen molar-refractivity contribution in [2.24, 2.45) is 25.3 Å². The van der Waals surface area contributed by atoms with E-state index in [0.717, 1.165) is 48.5 Å². The number of anilines is 6. The first-order valence-electron chi connectivity index (χ1n) is 21.1. The van der Waals surface area contributed by atoms with E-state index in [0.29, 0.717) is 24.3 Å². The van der Waals surface area contributed by atoms with Gasteiger partial charge in [0.2, 0.25) is 39.5 Å². The van der Waals surface area contributed by atoms with Crippen LogP contribution in [0.3, 0.4) is 0 Å². The zero-order valence-electron chi connectivity index (χ0n) is 45.3. The van der Waals surface area contributed by atoms with Crippen molar-refractivity contribution in [1.82, 2.24) is 29.9 Å². The number of ketones is 1. The first-order valence-corrected chi connectivity index (χ1v) is 30.4. The summed E-state index contributed by atoms with van der Waals surface area (Å²) in [5.74, 6) is -2.22. The quantitative estimate of drug-likeness (QED) is 0.0172. The molecular weight excluding hydrogens is 1400 g/mol. The van der Waals surface area contributed by atoms with Crippen LogP contribution in [0.25, 0.3) is 6.08 Å². The van der Waals surface area contributed by atoms with Crippen LogP contribution in [0.5, 0.6) is 0 Å². The van der Waals surface area contributed by atoms with Crippen LogP contribution >= 0.6 is 23.2 Å². The van der Waals surface area contributed by atoms with E-state index in [1.54, 1.807) is 0 Å². The molecule has 0 aliphatic heterocycles. The van der Waals surface area contributed by atoms with Crippen molar-refractivity contribution in [2.75, 3.05) is 21.8 Å². The summed E-state index contributed by atoms with van der Waals surface area (Å²) in [5.41, 5.74) is -0.160. The SMILES string of the molecule is Nc1c(N=Nc2ccc(N=c3nc(Nc4ccc(S(=O)(=O)[O-])cc4)nc(Cl)[nH]3)cc2S(=O)(=O)[O-])c(S(=O)(=O)[O-])cc2c1C(=O)/C(=N/Nc1ccc(N=c3nc(Nc4ccc(S(=O)(=O)[O-])cc4)nc(Cl)[nH]3)cc1S(=O)(=O)[O-])C(S(=O)(=O)[O-])=C2.[Na+].[Na+].[Na+].[Na+].[Na+].[Na+]. The molecule has 0 saturated carbocycles. The normalized spacial score (nSPS) is 13.5. The molecule has 0 spiro atoms. The average molecular weight is 1420 g/mol. The molecule has 5 aromatic carbocycles. The number of nitrogens with zero attached hydrogens (tertiary/aromatic N) is 9. The molecule has 8 rings (SSSR count). The molecule has 428 valence electrons. The number of nitrogens with one attached hydrogen (secondary N) is 5. The number of carbonyl (C=O) groups is 1. The van der Waals surface area contributed by atoms with Crippen LogP contribution in [-0.4, -0.2) is 119 Å². The summed E-state index contributed by atoms with van der Waals surface area (Å²) < 4.78 is 219. The van der Waals surface area contributed by atoms with Gasteiger partial charge >= 0.3 is 177 Å². The summed E-state index contributed by atoms with van der Waals surface area (Å²) in [7, 11) is -32.4. The Bertz CT molecular complexity index is 4870. The summed E-state index contributed by atoms with van der Waals surface area (Å²) in [6.07, 6.45) is 0.352. The number of hydrogen-bond acceptors (Lipinski definition) is 32. The molecule has 2 heterocycles. The second-order valence-electron chi connectivity index (χ2n) is 15.9. The maximum absolute atomic E-state index is 14.2. The fraction of sp³-hybridized carbons (Fsp3) is 0. The second kappa shape index (κ2) is 32.2. The Hall–Kier alpha value is -2.36. The van der Waals surface area contributed by atoms with Gasteiger partial charge in [-0.25, -0.2) is 60.5 Å². The molecule has 0 amide bonds. The molecule has 34 nitrogen and oxygen atoms in total. The Morgan fingerprint density at radius 3 is 1.35 bits per heavy atom. The number of carbonyl (C=O) groups excluding carboxylic acids is 1. The van der Waals surface area contributed by atoms with Gasteiger partial charge in [0.05, 0.1) is 57.7 Å². The zero-order chi connectivity index (χ0) is 60.1. The van der Waals surface area contributed by atoms with Crippen molar-refractivity contribution in [1.29, 1.82) is 0 Å². The van der Waals surface area contributed by atoms with E-state index >= 15 is 0 Å². The van der Waals surface area contributed by atoms with Gasteiger partial charge in [0.25, 0.3) is 0 Å². The number of benzene rings is 5. The summed E-state index contributed by atoms with van der Waals surface area (Å²) in [6.45, 7) is 0. The molecule has 0 saturated heterocycles. The van der Waals surface area contributed by atoms with Gasteiger partial charge in [-0.15, -0.1) is 10.2 Å². The number of halogens is 2. The Morgan fingerprint density at radius 2 is 0.932 bits per heavy atom. The van der Waals surface area contributed by atoms with E-state index in [1.165, 1.54) is 24.3 Å². The maximum Gasteiger partial charge on any atom is 1.00 e. The van der Waals surface area contributed by atoms with Crippen LogP contribution < -0.4 is 210 Å². The van der Waals surface area contributed by atoms with Gasteiger partial charge in [-0.1, -0.05) is 0 Å². The van der Waals surface area contributed by atoms with E-state index < -0.39 is 147 Å². The fourth-order valence-corrected chi connectivity index (χ4v) is 10.8. The number of hydrogen-bond donors (Lipinski definition) is 6. The minimum absolute atomic E-state index is 0. The Kier molecular flexibility index (Phi) is 29.9. The van der Waals surface area contributed by atoms with Crippen LogP contribution in [-0.2, 0) is 60.7 Å². The first-order chi connectivity index (χ1) is 38.0. The molecule has 2 aromatic heterocycles. The van der Waals surface area contributed by atoms with Crippen molar-refractivity contribution >= 4 is 159 Å². The standard InChI is InChI=1S/C40H29Cl2N15O19S6.6Na/c41-35-48-37(44-18-1-7-22(8-2-18)77(59,60)61)52-39(50-35)46-20-5-11-24(26(15-20)79(65,66)67)54-56-32-28(81(71,72)73)13-17-14-29(82(74,75)76)33(34(58)30(17)31(32)43)57-55-25-12-6-21(16-27(25)80(68,69)70)47-40-51-36(42)49-38(53-40)45-19-3-9-23(10-4-19)78(62,63)64;;;;;;/h1-16,55H,43H2,(H,59,60,61)(H,62,63,64)(H,65,66,67)(H,68,69,70)(H,71,72,73)(H,74,75,76)(H2,44,46,48,50,52)(H2,45,47,49,51,53);;;;;;/q;6*+1/p-6/b56-54?,57-33+;;;;;;. The predicted molar refractivity (Wildman–Crippen MR) is 273 cm³/mol. The van der Waals surface area contributed by atoms with Crippen molar-refractivity contribution in [2.45, 2.75) is 24.5 Å². The number of allylic oxidation sites excluding steroid dienone is 1. The van der Waals surface area contributed by atoms with E-state index in [4.69, 9.17) is 28.9 Å². The smallest absolute Gasteiger partial charge is 0.744 e. The number of aromatic nitrogens is 6. The monoisotopic (exact) mass is 1420 g/mol. The summed E-state index contributed by atoms with van der Waals surface area (Å²) in [4.78, 5) is 36.5. The third-order valence-electron chi connectivity index (χ3n) is 10.4. The molecule has 1 aliphatic carbocycles. The van der Waals surface area contributed by atoms with Gasteiger partial charge in [0, 0.05) is 11.4 Å². The Balaban J connectivity index is 0.00000440. The van der Waals surface area contributed by atoms with Gasteiger partial charge in [-0.2, -0.15) is 25.0 Å². The number of H-pyrrole nitrogens is 2. The van der Waals surface area contributed by atoms with Gasteiger partial charge in [0.15, 0.2) is 0 Å². The van der Waals surface area contributed by atoms with Crippen LogP contribution in [0.1, 0.15) is 15.9 Å². The fourth-order valence-electron chi connectivity index (χ4n) is 6.90. The first kappa shape index (κ1) is 81.7. The van der Waals surface area contributed by atoms with E-state index in [2.05, 4.69) is 65.9 Å². The predicted octanol–water partition coefficient (Wildman–Crippen LogP) is -15.7. The number of nitrogens with two attached hydrogens (primary N) is 1. The molecule has 0 unspecified atom stereocenters. The molecule has 7 aromatic rings. The molecule has 1 aliphatic rings. The molecular formula is C40H23Cl2N15Na6O19S6. The summed E-state index contributed by atoms with van der Waals surface area (Å²) >= 11 is 12.1. The van der Waals surface area contributed by atoms with Gasteiger partial charge in [-0.3, -0.25) is 20.2 Å². The molecule has 0 atom stereocenters. The Morgan fingerprint density at radius 1 is 0.500 bits per heavy atom. The van der Waals surface area contributed by atoms with Crippen LogP contribution in [0.15, 0.2) is 146 Å². The number of hydrazone groups is 1. The third kappa shape index (κ3) is 20.8. The third-order valence-corrected chi connectivity index (χ3v) is 15.9. The van der Waals surface area contributed by atoms with E-state index in [-0.39, 0.29) is 223 Å². The molecule has 0 bridgehead atoms. The van der Waals surface area contributed by atoms with E-state index in [1.807, 2.05) is 5.43 Å². The van der Waals surface area contributed by atoms with Gasteiger partial charge < -0.3 is 43.7 Å². The van der Waals surface area contributed by atoms with Crippen LogP contribution in [0.4, 0.5) is 57.4 Å². The molecule has 0 radical (unpaired) electrons. The van der Waals surface area contributed by atoms with Crippen LogP contribution in [0, 0.1) is 0 Å². The zero-order valence-corrected chi connectivity index (χ0v) is 63.7. The molecule has 7 N–H and O–H groups in total. The number of Topliss-reactive ketones (excluding diaryl/α,β-unsaturated/α-hetero) is 1. The van der Waals surface area contributed by atoms with Gasteiger partial charge in [-0.05, 0) is 126 Å². The largest absolute Gasteiger partial charge is 1.00 e. The van der Waals surface area contributed by atoms with Crippen LogP contribution in [0.2, 0.25) is 10.6 Å².